The molecular weight excluding hydrogens is 200 g/mol. The van der Waals surface area contributed by atoms with E-state index in [0.29, 0.717) is 0 Å². The Morgan fingerprint density at radius 1 is 1.00 bits per heavy atom. The van der Waals surface area contributed by atoms with E-state index in [0.717, 1.165) is 31.9 Å². The van der Waals surface area contributed by atoms with Gasteiger partial charge in [-0.3, -0.25) is 0 Å². The molecule has 6 heteroatoms. The van der Waals surface area contributed by atoms with Crippen molar-refractivity contribution in [1.29, 1.82) is 0 Å². The van der Waals surface area contributed by atoms with Gasteiger partial charge in [-0.2, -0.15) is 0 Å². The van der Waals surface area contributed by atoms with Gasteiger partial charge in [-0.15, -0.1) is 0 Å². The standard InChI is InChI=1S/C8H22N2O3Si/c1-11-14(12-2,13-8-10)7-5-3-4-6-9/h3-10H2,1-2H3. The average molecular weight is 222 g/mol. The zero-order valence-corrected chi connectivity index (χ0v) is 10.1. The lowest BCUT2D eigenvalue weighted by molar-refractivity contribution is 0.100. The van der Waals surface area contributed by atoms with Crippen LogP contribution in [0.25, 0.3) is 0 Å². The highest BCUT2D eigenvalue weighted by molar-refractivity contribution is 6.60. The lowest BCUT2D eigenvalue weighted by Gasteiger charge is -2.25. The van der Waals surface area contributed by atoms with Crippen molar-refractivity contribution >= 4 is 8.80 Å². The summed E-state index contributed by atoms with van der Waals surface area (Å²) in [6.45, 7) is 0.872. The highest BCUT2D eigenvalue weighted by Gasteiger charge is 2.37. The topological polar surface area (TPSA) is 79.7 Å². The molecule has 14 heavy (non-hydrogen) atoms. The summed E-state index contributed by atoms with van der Waals surface area (Å²) in [5, 5.41) is 0. The lowest BCUT2D eigenvalue weighted by atomic mass is 10.2. The molecule has 0 amide bonds. The smallest absolute Gasteiger partial charge is 0.377 e. The first-order valence-electron chi connectivity index (χ1n) is 4.89. The van der Waals surface area contributed by atoms with Gasteiger partial charge < -0.3 is 24.7 Å². The van der Waals surface area contributed by atoms with Gasteiger partial charge in [0.15, 0.2) is 0 Å². The van der Waals surface area contributed by atoms with Gasteiger partial charge in [0.1, 0.15) is 0 Å². The summed E-state index contributed by atoms with van der Waals surface area (Å²) < 4.78 is 15.9. The van der Waals surface area contributed by atoms with Gasteiger partial charge in [-0.1, -0.05) is 6.42 Å². The number of hydrogen-bond acceptors (Lipinski definition) is 5. The van der Waals surface area contributed by atoms with E-state index in [2.05, 4.69) is 0 Å². The summed E-state index contributed by atoms with van der Waals surface area (Å²) in [5.41, 5.74) is 10.7. The van der Waals surface area contributed by atoms with Crippen molar-refractivity contribution in [3.8, 4) is 0 Å². The number of hydrogen-bond donors (Lipinski definition) is 2. The first-order chi connectivity index (χ1) is 6.74. The Labute approximate surface area is 87.1 Å². The average Bonchev–Trinajstić information content (AvgIpc) is 2.23. The molecule has 0 bridgehead atoms. The third kappa shape index (κ3) is 5.04. The maximum atomic E-state index is 5.40. The molecule has 0 spiro atoms. The van der Waals surface area contributed by atoms with Gasteiger partial charge in [0.2, 0.25) is 0 Å². The molecule has 0 heterocycles. The van der Waals surface area contributed by atoms with Crippen molar-refractivity contribution in [2.24, 2.45) is 11.5 Å². The summed E-state index contributed by atoms with van der Waals surface area (Å²) in [6, 6.07) is 0.803. The SMILES string of the molecule is CO[Si](CCCCCN)(OC)OCN. The molecule has 86 valence electrons. The van der Waals surface area contributed by atoms with E-state index in [1.165, 1.54) is 0 Å². The van der Waals surface area contributed by atoms with E-state index in [-0.39, 0.29) is 6.73 Å². The minimum atomic E-state index is -2.46. The molecule has 0 atom stereocenters. The maximum Gasteiger partial charge on any atom is 0.501 e. The van der Waals surface area contributed by atoms with Crippen LogP contribution in [-0.4, -0.2) is 36.3 Å². The van der Waals surface area contributed by atoms with E-state index in [1.54, 1.807) is 14.2 Å². The van der Waals surface area contributed by atoms with Crippen LogP contribution in [0.3, 0.4) is 0 Å². The van der Waals surface area contributed by atoms with Gasteiger partial charge in [0.05, 0.1) is 6.73 Å². The largest absolute Gasteiger partial charge is 0.501 e. The van der Waals surface area contributed by atoms with Crippen LogP contribution >= 0.6 is 0 Å². The van der Waals surface area contributed by atoms with Gasteiger partial charge in [-0.05, 0) is 19.4 Å². The van der Waals surface area contributed by atoms with Crippen LogP contribution in [0.5, 0.6) is 0 Å². The first-order valence-corrected chi connectivity index (χ1v) is 6.82. The normalized spacial score (nSPS) is 12.0. The van der Waals surface area contributed by atoms with E-state index < -0.39 is 8.80 Å². The predicted molar refractivity (Wildman–Crippen MR) is 57.6 cm³/mol. The van der Waals surface area contributed by atoms with Crippen LogP contribution in [0.2, 0.25) is 6.04 Å². The van der Waals surface area contributed by atoms with Crippen LogP contribution in [0.1, 0.15) is 19.3 Å². The van der Waals surface area contributed by atoms with Crippen molar-refractivity contribution in [3.05, 3.63) is 0 Å². The summed E-state index contributed by atoms with van der Waals surface area (Å²) >= 11 is 0. The molecule has 5 nitrogen and oxygen atoms in total. The number of unbranched alkanes of at least 4 members (excludes halogenated alkanes) is 2. The molecule has 0 fully saturated rings. The molecule has 0 radical (unpaired) electrons. The fourth-order valence-electron chi connectivity index (χ4n) is 1.27. The molecule has 0 aliphatic carbocycles. The fourth-order valence-corrected chi connectivity index (χ4v) is 3.16. The second-order valence-corrected chi connectivity index (χ2v) is 5.97. The summed E-state index contributed by atoms with van der Waals surface area (Å²) in [5.74, 6) is 0. The van der Waals surface area contributed by atoms with Crippen LogP contribution in [-0.2, 0) is 13.3 Å². The van der Waals surface area contributed by atoms with Crippen molar-refractivity contribution in [1.82, 2.24) is 0 Å². The minimum absolute atomic E-state index is 0.144. The summed E-state index contributed by atoms with van der Waals surface area (Å²) in [6.07, 6.45) is 3.11. The maximum absolute atomic E-state index is 5.40. The molecule has 0 unspecified atom stereocenters. The molecule has 4 N–H and O–H groups in total. The zero-order chi connectivity index (χ0) is 10.9. The number of nitrogens with two attached hydrogens (primary N) is 2. The quantitative estimate of drug-likeness (QED) is 0.333. The predicted octanol–water partition coefficient (Wildman–Crippen LogP) is 0.280. The second kappa shape index (κ2) is 8.34. The Morgan fingerprint density at radius 2 is 1.64 bits per heavy atom. The fraction of sp³-hybridized carbons (Fsp3) is 1.00. The summed E-state index contributed by atoms with van der Waals surface area (Å²) in [7, 11) is 0.752. The first kappa shape index (κ1) is 14.0. The Balaban J connectivity index is 3.82. The van der Waals surface area contributed by atoms with E-state index in [4.69, 9.17) is 24.7 Å². The van der Waals surface area contributed by atoms with Crippen LogP contribution < -0.4 is 11.5 Å². The Morgan fingerprint density at radius 3 is 2.07 bits per heavy atom. The van der Waals surface area contributed by atoms with E-state index in [1.807, 2.05) is 0 Å². The monoisotopic (exact) mass is 222 g/mol. The Hall–Kier alpha value is 0.0169. The third-order valence-corrected chi connectivity index (χ3v) is 4.93. The minimum Gasteiger partial charge on any atom is -0.377 e. The van der Waals surface area contributed by atoms with E-state index in [9.17, 15) is 0 Å². The van der Waals surface area contributed by atoms with Crippen molar-refractivity contribution in [2.45, 2.75) is 25.3 Å². The van der Waals surface area contributed by atoms with Crippen molar-refractivity contribution < 1.29 is 13.3 Å². The van der Waals surface area contributed by atoms with Crippen LogP contribution in [0, 0.1) is 0 Å². The highest BCUT2D eigenvalue weighted by Crippen LogP contribution is 2.17. The molecule has 0 aromatic heterocycles. The molecule has 0 aromatic rings. The molecule has 0 aliphatic heterocycles. The number of rotatable bonds is 9. The van der Waals surface area contributed by atoms with Crippen LogP contribution in [0.15, 0.2) is 0 Å². The second-order valence-electron chi connectivity index (χ2n) is 3.00. The lowest BCUT2D eigenvalue weighted by Crippen LogP contribution is -2.45. The molecule has 0 saturated heterocycles. The van der Waals surface area contributed by atoms with Gasteiger partial charge in [-0.25, -0.2) is 0 Å². The molecule has 0 rings (SSSR count). The van der Waals surface area contributed by atoms with Crippen molar-refractivity contribution in [2.75, 3.05) is 27.5 Å². The van der Waals surface area contributed by atoms with Gasteiger partial charge in [0.25, 0.3) is 0 Å². The van der Waals surface area contributed by atoms with Crippen LogP contribution in [0.4, 0.5) is 0 Å². The molecule has 0 aromatic carbocycles. The molecule has 0 saturated carbocycles. The summed E-state index contributed by atoms with van der Waals surface area (Å²) in [4.78, 5) is 0. The third-order valence-electron chi connectivity index (χ3n) is 2.11. The zero-order valence-electron chi connectivity index (χ0n) is 9.12. The Kier molecular flexibility index (Phi) is 8.35. The van der Waals surface area contributed by atoms with Gasteiger partial charge >= 0.3 is 8.80 Å². The van der Waals surface area contributed by atoms with Gasteiger partial charge in [0, 0.05) is 20.3 Å². The van der Waals surface area contributed by atoms with Crippen molar-refractivity contribution in [3.63, 3.8) is 0 Å². The molecular formula is C8H22N2O3Si. The van der Waals surface area contributed by atoms with E-state index >= 15 is 0 Å². The Bertz CT molecular complexity index is 134. The molecule has 0 aliphatic rings. The highest BCUT2D eigenvalue weighted by atomic mass is 28.4.